The normalized spacial score (nSPS) is 12.6. The number of nitrogens with two attached hydrogens (primary N) is 1. The Hall–Kier alpha value is -2.08. The molecule has 0 fully saturated rings. The number of methoxy groups -OCH3 is 1. The third-order valence-corrected chi connectivity index (χ3v) is 2.44. The number of H-pyrrole nitrogens is 1. The van der Waals surface area contributed by atoms with Gasteiger partial charge in [-0.3, -0.25) is 9.78 Å². The number of oxazole rings is 1. The van der Waals surface area contributed by atoms with Gasteiger partial charge < -0.3 is 14.9 Å². The Kier molecular flexibility index (Phi) is 2.97. The van der Waals surface area contributed by atoms with Gasteiger partial charge in [-0.15, -0.1) is 0 Å². The van der Waals surface area contributed by atoms with Gasteiger partial charge in [-0.05, 0) is 24.1 Å². The Bertz CT molecular complexity index is 599. The number of fused-ring (bicyclic) bond motifs is 1. The lowest BCUT2D eigenvalue weighted by Crippen LogP contribution is -2.33. The average Bonchev–Trinajstić information content (AvgIpc) is 2.67. The van der Waals surface area contributed by atoms with E-state index < -0.39 is 17.8 Å². The van der Waals surface area contributed by atoms with Crippen LogP contribution in [0.15, 0.2) is 27.4 Å². The minimum atomic E-state index is -0.719. The standard InChI is InChI=1S/C11H12N2O4/c1-16-10(14)7(12)4-6-2-3-8-9(5-6)17-11(15)13-8/h2-3,5,7H,4,12H2,1H3,(H,13,15). The van der Waals surface area contributed by atoms with Gasteiger partial charge in [0, 0.05) is 0 Å². The second-order valence-corrected chi connectivity index (χ2v) is 3.68. The van der Waals surface area contributed by atoms with E-state index in [0.717, 1.165) is 5.56 Å². The Morgan fingerprint density at radius 1 is 1.59 bits per heavy atom. The zero-order valence-electron chi connectivity index (χ0n) is 9.23. The van der Waals surface area contributed by atoms with E-state index in [9.17, 15) is 9.59 Å². The van der Waals surface area contributed by atoms with Crippen LogP contribution < -0.4 is 11.5 Å². The fourth-order valence-electron chi connectivity index (χ4n) is 1.61. The molecule has 0 radical (unpaired) electrons. The maximum atomic E-state index is 11.2. The van der Waals surface area contributed by atoms with Crippen molar-refractivity contribution < 1.29 is 13.9 Å². The molecule has 3 N–H and O–H groups in total. The lowest BCUT2D eigenvalue weighted by molar-refractivity contribution is -0.142. The Morgan fingerprint density at radius 2 is 2.35 bits per heavy atom. The summed E-state index contributed by atoms with van der Waals surface area (Å²) >= 11 is 0. The van der Waals surface area contributed by atoms with Crippen molar-refractivity contribution in [3.63, 3.8) is 0 Å². The molecule has 0 bridgehead atoms. The van der Waals surface area contributed by atoms with Crippen molar-refractivity contribution in [2.75, 3.05) is 7.11 Å². The van der Waals surface area contributed by atoms with Crippen LogP contribution in [0.4, 0.5) is 0 Å². The van der Waals surface area contributed by atoms with E-state index in [1.54, 1.807) is 18.2 Å². The van der Waals surface area contributed by atoms with Gasteiger partial charge in [-0.25, -0.2) is 4.79 Å². The highest BCUT2D eigenvalue weighted by Crippen LogP contribution is 2.13. The molecule has 0 saturated heterocycles. The van der Waals surface area contributed by atoms with E-state index in [4.69, 9.17) is 10.2 Å². The molecule has 2 aromatic rings. The number of hydrogen-bond donors (Lipinski definition) is 2. The van der Waals surface area contributed by atoms with Crippen LogP contribution in [0.5, 0.6) is 0 Å². The van der Waals surface area contributed by atoms with Gasteiger partial charge in [0.2, 0.25) is 0 Å². The molecule has 0 amide bonds. The molecule has 0 spiro atoms. The quantitative estimate of drug-likeness (QED) is 0.740. The molecular weight excluding hydrogens is 224 g/mol. The minimum absolute atomic E-state index is 0.331. The maximum Gasteiger partial charge on any atom is 0.417 e. The predicted octanol–water partition coefficient (Wildman–Crippen LogP) is 0.164. The minimum Gasteiger partial charge on any atom is -0.468 e. The van der Waals surface area contributed by atoms with Crippen LogP contribution in [-0.2, 0) is 16.0 Å². The molecule has 0 aliphatic carbocycles. The summed E-state index contributed by atoms with van der Waals surface area (Å²) in [5.41, 5.74) is 7.50. The summed E-state index contributed by atoms with van der Waals surface area (Å²) in [7, 11) is 1.29. The third-order valence-electron chi connectivity index (χ3n) is 2.44. The van der Waals surface area contributed by atoms with Crippen LogP contribution in [0, 0.1) is 0 Å². The highest BCUT2D eigenvalue weighted by molar-refractivity contribution is 5.76. The summed E-state index contributed by atoms with van der Waals surface area (Å²) in [5.74, 6) is -0.977. The van der Waals surface area contributed by atoms with E-state index >= 15 is 0 Å². The lowest BCUT2D eigenvalue weighted by atomic mass is 10.1. The van der Waals surface area contributed by atoms with Gasteiger partial charge in [-0.1, -0.05) is 6.07 Å². The topological polar surface area (TPSA) is 98.3 Å². The zero-order valence-corrected chi connectivity index (χ0v) is 9.23. The largest absolute Gasteiger partial charge is 0.468 e. The first kappa shape index (κ1) is 11.4. The third kappa shape index (κ3) is 2.36. The number of nitrogens with one attached hydrogen (secondary N) is 1. The fraction of sp³-hybridized carbons (Fsp3) is 0.273. The molecule has 0 aliphatic rings. The van der Waals surface area contributed by atoms with E-state index in [-0.39, 0.29) is 0 Å². The summed E-state index contributed by atoms with van der Waals surface area (Å²) in [6.45, 7) is 0. The Morgan fingerprint density at radius 3 is 3.06 bits per heavy atom. The van der Waals surface area contributed by atoms with Crippen molar-refractivity contribution in [1.82, 2.24) is 4.98 Å². The van der Waals surface area contributed by atoms with Crippen LogP contribution in [0.3, 0.4) is 0 Å². The number of aromatic amines is 1. The van der Waals surface area contributed by atoms with E-state index in [1.807, 2.05) is 0 Å². The molecule has 1 heterocycles. The number of carbonyl (C=O) groups excluding carboxylic acids is 1. The smallest absolute Gasteiger partial charge is 0.417 e. The van der Waals surface area contributed by atoms with Gasteiger partial charge in [0.05, 0.1) is 12.6 Å². The molecular formula is C11H12N2O4. The summed E-state index contributed by atoms with van der Waals surface area (Å²) in [5, 5.41) is 0. The summed E-state index contributed by atoms with van der Waals surface area (Å²) < 4.78 is 9.44. The van der Waals surface area contributed by atoms with Crippen molar-refractivity contribution >= 4 is 17.1 Å². The molecule has 6 nitrogen and oxygen atoms in total. The number of benzene rings is 1. The fourth-order valence-corrected chi connectivity index (χ4v) is 1.61. The second kappa shape index (κ2) is 4.42. The highest BCUT2D eigenvalue weighted by Gasteiger charge is 2.14. The van der Waals surface area contributed by atoms with Crippen LogP contribution in [0.25, 0.3) is 11.1 Å². The number of hydrogen-bond acceptors (Lipinski definition) is 5. The SMILES string of the molecule is COC(=O)C(N)Cc1ccc2[nH]c(=O)oc2c1. The first-order chi connectivity index (χ1) is 8.10. The molecule has 17 heavy (non-hydrogen) atoms. The monoisotopic (exact) mass is 236 g/mol. The second-order valence-electron chi connectivity index (χ2n) is 3.68. The predicted molar refractivity (Wildman–Crippen MR) is 60.5 cm³/mol. The average molecular weight is 236 g/mol. The van der Waals surface area contributed by atoms with Crippen LogP contribution in [0.2, 0.25) is 0 Å². The van der Waals surface area contributed by atoms with E-state index in [0.29, 0.717) is 17.5 Å². The number of esters is 1. The number of carbonyl (C=O) groups is 1. The molecule has 0 aliphatic heterocycles. The molecule has 0 saturated carbocycles. The first-order valence-electron chi connectivity index (χ1n) is 5.05. The molecule has 1 unspecified atom stereocenters. The number of aromatic nitrogens is 1. The summed E-state index contributed by atoms with van der Waals surface area (Å²) in [4.78, 5) is 24.6. The Labute approximate surface area is 96.4 Å². The maximum absolute atomic E-state index is 11.2. The van der Waals surface area contributed by atoms with Crippen molar-refractivity contribution in [2.45, 2.75) is 12.5 Å². The van der Waals surface area contributed by atoms with Crippen LogP contribution in [0.1, 0.15) is 5.56 Å². The van der Waals surface area contributed by atoms with Gasteiger partial charge in [0.15, 0.2) is 5.58 Å². The highest BCUT2D eigenvalue weighted by atomic mass is 16.5. The van der Waals surface area contributed by atoms with Gasteiger partial charge in [0.1, 0.15) is 6.04 Å². The molecule has 90 valence electrons. The van der Waals surface area contributed by atoms with Crippen molar-refractivity contribution in [2.24, 2.45) is 5.73 Å². The van der Waals surface area contributed by atoms with Crippen LogP contribution >= 0.6 is 0 Å². The van der Waals surface area contributed by atoms with E-state index in [2.05, 4.69) is 9.72 Å². The summed E-state index contributed by atoms with van der Waals surface area (Å²) in [6.07, 6.45) is 0.331. The van der Waals surface area contributed by atoms with Crippen molar-refractivity contribution in [1.29, 1.82) is 0 Å². The van der Waals surface area contributed by atoms with Gasteiger partial charge in [0.25, 0.3) is 0 Å². The molecule has 1 aromatic carbocycles. The van der Waals surface area contributed by atoms with E-state index in [1.165, 1.54) is 7.11 Å². The molecule has 1 aromatic heterocycles. The molecule has 6 heteroatoms. The van der Waals surface area contributed by atoms with Crippen molar-refractivity contribution in [3.8, 4) is 0 Å². The van der Waals surface area contributed by atoms with Gasteiger partial charge >= 0.3 is 11.7 Å². The molecule has 1 atom stereocenters. The van der Waals surface area contributed by atoms with Crippen molar-refractivity contribution in [3.05, 3.63) is 34.3 Å². The van der Waals surface area contributed by atoms with Gasteiger partial charge in [-0.2, -0.15) is 0 Å². The lowest BCUT2D eigenvalue weighted by Gasteiger charge is -2.08. The summed E-state index contributed by atoms with van der Waals surface area (Å²) in [6, 6.07) is 4.44. The van der Waals surface area contributed by atoms with Crippen LogP contribution in [-0.4, -0.2) is 24.1 Å². The zero-order chi connectivity index (χ0) is 12.4. The molecule has 2 rings (SSSR count). The number of ether oxygens (including phenoxy) is 1. The number of rotatable bonds is 3. The Balaban J connectivity index is 2.24. The first-order valence-corrected chi connectivity index (χ1v) is 5.05.